The van der Waals surface area contributed by atoms with Crippen LogP contribution in [0.25, 0.3) is 0 Å². The van der Waals surface area contributed by atoms with E-state index in [9.17, 15) is 0 Å². The highest BCUT2D eigenvalue weighted by Crippen LogP contribution is 2.27. The van der Waals surface area contributed by atoms with Crippen molar-refractivity contribution in [2.45, 2.75) is 25.7 Å². The summed E-state index contributed by atoms with van der Waals surface area (Å²) in [7, 11) is 0. The fraction of sp³-hybridized carbons (Fsp3) is 0.312. The molecule has 1 unspecified atom stereocenters. The minimum Gasteiger partial charge on any atom is -0.330 e. The van der Waals surface area contributed by atoms with Crippen molar-refractivity contribution in [1.82, 2.24) is 4.98 Å². The van der Waals surface area contributed by atoms with Crippen molar-refractivity contribution in [3.8, 4) is 0 Å². The van der Waals surface area contributed by atoms with E-state index in [-0.39, 0.29) is 5.41 Å². The normalized spacial score (nSPS) is 14.2. The van der Waals surface area contributed by atoms with Gasteiger partial charge in [-0.3, -0.25) is 4.98 Å². The lowest BCUT2D eigenvalue weighted by atomic mass is 9.77. The molecule has 0 aliphatic rings. The van der Waals surface area contributed by atoms with E-state index in [1.165, 1.54) is 16.7 Å². The molecule has 1 aromatic carbocycles. The second-order valence-corrected chi connectivity index (χ2v) is 5.16. The van der Waals surface area contributed by atoms with Crippen LogP contribution in [-0.4, -0.2) is 11.5 Å². The summed E-state index contributed by atoms with van der Waals surface area (Å²) in [6.07, 6.45) is 4.61. The molecular weight excluding hydrogens is 220 g/mol. The van der Waals surface area contributed by atoms with Gasteiger partial charge in [-0.25, -0.2) is 0 Å². The van der Waals surface area contributed by atoms with Gasteiger partial charge >= 0.3 is 0 Å². The van der Waals surface area contributed by atoms with Crippen molar-refractivity contribution in [3.05, 3.63) is 65.5 Å². The second kappa shape index (κ2) is 5.32. The topological polar surface area (TPSA) is 38.9 Å². The summed E-state index contributed by atoms with van der Waals surface area (Å²) < 4.78 is 0. The molecule has 0 amide bonds. The summed E-state index contributed by atoms with van der Waals surface area (Å²) in [5.41, 5.74) is 9.85. The Bertz CT molecular complexity index is 490. The summed E-state index contributed by atoms with van der Waals surface area (Å²) in [6.45, 7) is 4.96. The van der Waals surface area contributed by atoms with Gasteiger partial charge in [-0.15, -0.1) is 0 Å². The van der Waals surface area contributed by atoms with Crippen LogP contribution in [0.3, 0.4) is 0 Å². The fourth-order valence-electron chi connectivity index (χ4n) is 2.20. The third kappa shape index (κ3) is 2.77. The van der Waals surface area contributed by atoms with Gasteiger partial charge in [0.25, 0.3) is 0 Å². The van der Waals surface area contributed by atoms with Gasteiger partial charge in [-0.1, -0.05) is 36.8 Å². The summed E-state index contributed by atoms with van der Waals surface area (Å²) in [4.78, 5) is 4.05. The maximum atomic E-state index is 6.01. The van der Waals surface area contributed by atoms with Gasteiger partial charge in [0, 0.05) is 24.4 Å². The lowest BCUT2D eigenvalue weighted by Gasteiger charge is -2.29. The average molecular weight is 240 g/mol. The van der Waals surface area contributed by atoms with Crippen molar-refractivity contribution < 1.29 is 0 Å². The van der Waals surface area contributed by atoms with E-state index in [2.05, 4.69) is 55.2 Å². The number of benzene rings is 1. The molecule has 0 saturated carbocycles. The van der Waals surface area contributed by atoms with E-state index >= 15 is 0 Å². The number of rotatable bonds is 4. The maximum absolute atomic E-state index is 6.01. The zero-order chi connectivity index (χ0) is 13.0. The smallest absolute Gasteiger partial charge is 0.0270 e. The predicted molar refractivity (Wildman–Crippen MR) is 75.5 cm³/mol. The molecule has 2 heteroatoms. The van der Waals surface area contributed by atoms with Crippen LogP contribution in [0.15, 0.2) is 48.8 Å². The summed E-state index contributed by atoms with van der Waals surface area (Å²) in [5, 5.41) is 0. The first-order valence-electron chi connectivity index (χ1n) is 6.30. The van der Waals surface area contributed by atoms with Crippen LogP contribution >= 0.6 is 0 Å². The summed E-state index contributed by atoms with van der Waals surface area (Å²) in [6, 6.07) is 12.8. The molecule has 2 rings (SSSR count). The van der Waals surface area contributed by atoms with Crippen LogP contribution < -0.4 is 5.73 Å². The molecule has 0 bridgehead atoms. The lowest BCUT2D eigenvalue weighted by Crippen LogP contribution is -2.34. The van der Waals surface area contributed by atoms with Crippen molar-refractivity contribution in [3.63, 3.8) is 0 Å². The Morgan fingerprint density at radius 2 is 1.67 bits per heavy atom. The van der Waals surface area contributed by atoms with E-state index in [1.54, 1.807) is 0 Å². The number of aromatic nitrogens is 1. The fourth-order valence-corrected chi connectivity index (χ4v) is 2.20. The van der Waals surface area contributed by atoms with Crippen molar-refractivity contribution in [1.29, 1.82) is 0 Å². The SMILES string of the molecule is Cc1ccc(C(C)(CN)Cc2ccncc2)cc1. The third-order valence-electron chi connectivity index (χ3n) is 3.54. The van der Waals surface area contributed by atoms with Crippen LogP contribution in [0.1, 0.15) is 23.6 Å². The van der Waals surface area contributed by atoms with Crippen LogP contribution in [-0.2, 0) is 11.8 Å². The Kier molecular flexibility index (Phi) is 3.78. The Balaban J connectivity index is 2.28. The number of aryl methyl sites for hydroxylation is 1. The monoisotopic (exact) mass is 240 g/mol. The molecule has 2 aromatic rings. The summed E-state index contributed by atoms with van der Waals surface area (Å²) in [5.74, 6) is 0. The molecule has 0 radical (unpaired) electrons. The Morgan fingerprint density at radius 3 is 2.22 bits per heavy atom. The molecule has 94 valence electrons. The number of nitrogens with two attached hydrogens (primary N) is 1. The molecule has 0 aliphatic heterocycles. The highest BCUT2D eigenvalue weighted by atomic mass is 14.6. The molecule has 0 spiro atoms. The molecule has 1 heterocycles. The highest BCUT2D eigenvalue weighted by Gasteiger charge is 2.25. The average Bonchev–Trinajstić information content (AvgIpc) is 2.40. The number of pyridine rings is 1. The van der Waals surface area contributed by atoms with Gasteiger partial charge in [0.15, 0.2) is 0 Å². The van der Waals surface area contributed by atoms with E-state index in [0.717, 1.165) is 6.42 Å². The van der Waals surface area contributed by atoms with Crippen LogP contribution in [0.2, 0.25) is 0 Å². The quantitative estimate of drug-likeness (QED) is 0.892. The van der Waals surface area contributed by atoms with Crippen molar-refractivity contribution in [2.75, 3.05) is 6.54 Å². The van der Waals surface area contributed by atoms with Gasteiger partial charge in [0.1, 0.15) is 0 Å². The minimum absolute atomic E-state index is 0.0188. The van der Waals surface area contributed by atoms with E-state index in [4.69, 9.17) is 5.73 Å². The molecule has 18 heavy (non-hydrogen) atoms. The van der Waals surface area contributed by atoms with Crippen LogP contribution in [0.4, 0.5) is 0 Å². The first-order chi connectivity index (χ1) is 8.64. The van der Waals surface area contributed by atoms with Gasteiger partial charge < -0.3 is 5.73 Å². The first kappa shape index (κ1) is 12.8. The van der Waals surface area contributed by atoms with Crippen LogP contribution in [0, 0.1) is 6.92 Å². The highest BCUT2D eigenvalue weighted by molar-refractivity contribution is 5.31. The molecule has 2 nitrogen and oxygen atoms in total. The van der Waals surface area contributed by atoms with E-state index < -0.39 is 0 Å². The third-order valence-corrected chi connectivity index (χ3v) is 3.54. The molecule has 2 N–H and O–H groups in total. The largest absolute Gasteiger partial charge is 0.330 e. The summed E-state index contributed by atoms with van der Waals surface area (Å²) >= 11 is 0. The van der Waals surface area contributed by atoms with E-state index in [1.807, 2.05) is 12.4 Å². The van der Waals surface area contributed by atoms with Crippen molar-refractivity contribution in [2.24, 2.45) is 5.73 Å². The van der Waals surface area contributed by atoms with Gasteiger partial charge in [-0.05, 0) is 36.6 Å². The zero-order valence-corrected chi connectivity index (χ0v) is 11.1. The molecular formula is C16H20N2. The number of hydrogen-bond acceptors (Lipinski definition) is 2. The predicted octanol–water partition coefficient (Wildman–Crippen LogP) is 2.85. The standard InChI is InChI=1S/C16H20N2/c1-13-3-5-15(6-4-13)16(2,12-17)11-14-7-9-18-10-8-14/h3-10H,11-12,17H2,1-2H3. The first-order valence-corrected chi connectivity index (χ1v) is 6.30. The van der Waals surface area contributed by atoms with Gasteiger partial charge in [0.2, 0.25) is 0 Å². The molecule has 1 aromatic heterocycles. The maximum Gasteiger partial charge on any atom is 0.0270 e. The van der Waals surface area contributed by atoms with E-state index in [0.29, 0.717) is 6.54 Å². The zero-order valence-electron chi connectivity index (χ0n) is 11.1. The molecule has 0 saturated heterocycles. The molecule has 0 fully saturated rings. The minimum atomic E-state index is -0.0188. The Morgan fingerprint density at radius 1 is 1.06 bits per heavy atom. The van der Waals surface area contributed by atoms with Gasteiger partial charge in [0.05, 0.1) is 0 Å². The Labute approximate surface area is 109 Å². The number of hydrogen-bond donors (Lipinski definition) is 1. The second-order valence-electron chi connectivity index (χ2n) is 5.16. The van der Waals surface area contributed by atoms with Crippen LogP contribution in [0.5, 0.6) is 0 Å². The molecule has 1 atom stereocenters. The number of nitrogens with zero attached hydrogens (tertiary/aromatic N) is 1. The lowest BCUT2D eigenvalue weighted by molar-refractivity contribution is 0.481. The molecule has 0 aliphatic carbocycles. The van der Waals surface area contributed by atoms with Gasteiger partial charge in [-0.2, -0.15) is 0 Å². The Hall–Kier alpha value is -1.67. The van der Waals surface area contributed by atoms with Crippen molar-refractivity contribution >= 4 is 0 Å².